The van der Waals surface area contributed by atoms with Crippen LogP contribution in [0.15, 0.2) is 114 Å². The quantitative estimate of drug-likeness (QED) is 0.181. The maximum absolute atomic E-state index is 9.52. The van der Waals surface area contributed by atoms with Gasteiger partial charge in [0.25, 0.3) is 0 Å². The highest BCUT2D eigenvalue weighted by Crippen LogP contribution is 2.59. The maximum atomic E-state index is 9.52. The second kappa shape index (κ2) is 9.30. The number of hydrogen-bond acceptors (Lipinski definition) is 2. The van der Waals surface area contributed by atoms with Crippen molar-refractivity contribution < 1.29 is 0 Å². The number of rotatable bonds is 2. The zero-order chi connectivity index (χ0) is 28.5. The smallest absolute Gasteiger partial charge is 0.0991 e. The van der Waals surface area contributed by atoms with Crippen LogP contribution in [-0.4, -0.2) is 0 Å². The van der Waals surface area contributed by atoms with Gasteiger partial charge in [0.1, 0.15) is 0 Å². The van der Waals surface area contributed by atoms with Gasteiger partial charge in [0.2, 0.25) is 0 Å². The van der Waals surface area contributed by atoms with Crippen LogP contribution in [0.2, 0.25) is 5.02 Å². The Morgan fingerprint density at radius 3 is 1.74 bits per heavy atom. The molecular formula is C38H18BrClN2. The van der Waals surface area contributed by atoms with E-state index in [4.69, 9.17) is 11.6 Å². The number of hydrogen-bond donors (Lipinski definition) is 0. The molecule has 0 saturated carbocycles. The Hall–Kier alpha value is -4.93. The molecule has 0 saturated heterocycles. The minimum Gasteiger partial charge on any atom is -0.192 e. The third-order valence-corrected chi connectivity index (χ3v) is 9.57. The number of fused-ring (bicyclic) bond motifs is 6. The Labute approximate surface area is 255 Å². The fourth-order valence-corrected chi connectivity index (χ4v) is 7.12. The highest BCUT2D eigenvalue weighted by atomic mass is 79.9. The van der Waals surface area contributed by atoms with E-state index in [0.29, 0.717) is 16.1 Å². The Morgan fingerprint density at radius 1 is 0.524 bits per heavy atom. The van der Waals surface area contributed by atoms with Gasteiger partial charge in [-0.15, -0.1) is 0 Å². The Morgan fingerprint density at radius 2 is 1.10 bits per heavy atom. The van der Waals surface area contributed by atoms with Gasteiger partial charge in [-0.3, -0.25) is 0 Å². The molecule has 0 bridgehead atoms. The molecule has 7 aromatic rings. The van der Waals surface area contributed by atoms with E-state index in [1.54, 1.807) is 0 Å². The number of nitriles is 2. The van der Waals surface area contributed by atoms with Crippen molar-refractivity contribution >= 4 is 59.8 Å². The predicted molar refractivity (Wildman–Crippen MR) is 176 cm³/mol. The molecule has 0 amide bonds. The van der Waals surface area contributed by atoms with Crippen LogP contribution < -0.4 is 0 Å². The van der Waals surface area contributed by atoms with Crippen molar-refractivity contribution in [2.24, 2.45) is 0 Å². The third kappa shape index (κ3) is 3.49. The van der Waals surface area contributed by atoms with Gasteiger partial charge in [-0.2, -0.15) is 10.5 Å². The van der Waals surface area contributed by atoms with Crippen molar-refractivity contribution in [1.82, 2.24) is 0 Å². The van der Waals surface area contributed by atoms with Gasteiger partial charge < -0.3 is 0 Å². The average Bonchev–Trinajstić information content (AvgIpc) is 3.35. The molecule has 0 heterocycles. The second-order valence-electron chi connectivity index (χ2n) is 10.6. The molecule has 2 nitrogen and oxygen atoms in total. The molecular weight excluding hydrogens is 600 g/mol. The first-order chi connectivity index (χ1) is 20.6. The summed E-state index contributed by atoms with van der Waals surface area (Å²) in [5, 5.41) is 26.6. The Balaban J connectivity index is 1.64. The highest BCUT2D eigenvalue weighted by molar-refractivity contribution is 9.10. The number of benzene rings is 7. The zero-order valence-corrected chi connectivity index (χ0v) is 24.4. The molecule has 42 heavy (non-hydrogen) atoms. The standard InChI is InChI=1S/C38H18BrClN2/c39-32-17-29-30(18-33(32)40)35(24-14-10-22(20-42)11-15-24)38-31-16-25-4-1-2-5-26(25)27-6-3-7-28(36(27)31)37(38)34(29)23-12-8-21(19-41)9-13-23/h1-18H. The summed E-state index contributed by atoms with van der Waals surface area (Å²) in [6.07, 6.45) is 0. The van der Waals surface area contributed by atoms with Gasteiger partial charge in [-0.25, -0.2) is 0 Å². The van der Waals surface area contributed by atoms with E-state index in [2.05, 4.69) is 82.7 Å². The lowest BCUT2D eigenvalue weighted by Gasteiger charge is -2.21. The van der Waals surface area contributed by atoms with Gasteiger partial charge in [0.05, 0.1) is 28.3 Å². The fraction of sp³-hybridized carbons (Fsp3) is 0. The van der Waals surface area contributed by atoms with Gasteiger partial charge >= 0.3 is 0 Å². The van der Waals surface area contributed by atoms with Crippen LogP contribution in [0.1, 0.15) is 11.1 Å². The van der Waals surface area contributed by atoms with Crippen LogP contribution in [0, 0.1) is 22.7 Å². The fourth-order valence-electron chi connectivity index (χ4n) is 6.61. The minimum absolute atomic E-state index is 0.617. The molecule has 0 N–H and O–H groups in total. The summed E-state index contributed by atoms with van der Waals surface area (Å²) in [5.41, 5.74) is 10.2. The number of halogens is 2. The average molecular weight is 618 g/mol. The van der Waals surface area contributed by atoms with Crippen molar-refractivity contribution in [2.75, 3.05) is 0 Å². The molecule has 7 aromatic carbocycles. The summed E-state index contributed by atoms with van der Waals surface area (Å²) >= 11 is 10.5. The van der Waals surface area contributed by atoms with Crippen molar-refractivity contribution in [3.05, 3.63) is 130 Å². The van der Waals surface area contributed by atoms with Crippen molar-refractivity contribution in [2.45, 2.75) is 0 Å². The van der Waals surface area contributed by atoms with Crippen LogP contribution in [0.3, 0.4) is 0 Å². The molecule has 0 aliphatic heterocycles. The molecule has 0 unspecified atom stereocenters. The molecule has 0 atom stereocenters. The van der Waals surface area contributed by atoms with E-state index in [0.717, 1.165) is 48.6 Å². The molecule has 0 radical (unpaired) electrons. The lowest BCUT2D eigenvalue weighted by Crippen LogP contribution is -1.94. The molecule has 4 heteroatoms. The predicted octanol–water partition coefficient (Wildman–Crippen LogP) is 11.3. The largest absolute Gasteiger partial charge is 0.192 e. The van der Waals surface area contributed by atoms with E-state index in [-0.39, 0.29) is 0 Å². The van der Waals surface area contributed by atoms with Crippen LogP contribution in [0.25, 0.3) is 76.8 Å². The van der Waals surface area contributed by atoms with Crippen LogP contribution >= 0.6 is 27.5 Å². The van der Waals surface area contributed by atoms with E-state index in [1.165, 1.54) is 32.7 Å². The van der Waals surface area contributed by atoms with E-state index in [1.807, 2.05) is 54.6 Å². The molecule has 0 aromatic heterocycles. The van der Waals surface area contributed by atoms with Crippen LogP contribution in [-0.2, 0) is 0 Å². The van der Waals surface area contributed by atoms with Gasteiger partial charge in [-0.1, -0.05) is 78.3 Å². The van der Waals surface area contributed by atoms with E-state index < -0.39 is 0 Å². The SMILES string of the molecule is N#Cc1ccc(-c2c3c(c(-c4ccc(C#N)cc4)c4cc(Br)c(Cl)cc24)-c2cccc4c2c-3cc2ccccc24)cc1. The monoisotopic (exact) mass is 616 g/mol. The van der Waals surface area contributed by atoms with E-state index in [9.17, 15) is 10.5 Å². The summed E-state index contributed by atoms with van der Waals surface area (Å²) in [6, 6.07) is 41.8. The molecule has 194 valence electrons. The topological polar surface area (TPSA) is 47.6 Å². The summed E-state index contributed by atoms with van der Waals surface area (Å²) in [4.78, 5) is 0. The van der Waals surface area contributed by atoms with Crippen molar-refractivity contribution in [3.63, 3.8) is 0 Å². The Bertz CT molecular complexity index is 2380. The second-order valence-corrected chi connectivity index (χ2v) is 11.8. The lowest BCUT2D eigenvalue weighted by molar-refractivity contribution is 1.48. The summed E-state index contributed by atoms with van der Waals surface area (Å²) in [6.45, 7) is 0. The minimum atomic E-state index is 0.617. The third-order valence-electron chi connectivity index (χ3n) is 8.38. The van der Waals surface area contributed by atoms with E-state index >= 15 is 0 Å². The highest BCUT2D eigenvalue weighted by Gasteiger charge is 2.31. The normalized spacial score (nSPS) is 11.5. The molecule has 0 fully saturated rings. The molecule has 1 aliphatic carbocycles. The zero-order valence-electron chi connectivity index (χ0n) is 22.0. The first-order valence-corrected chi connectivity index (χ1v) is 14.7. The van der Waals surface area contributed by atoms with Crippen molar-refractivity contribution in [1.29, 1.82) is 10.5 Å². The molecule has 8 rings (SSSR count). The number of nitrogens with zero attached hydrogens (tertiary/aromatic N) is 2. The lowest BCUT2D eigenvalue weighted by atomic mass is 9.82. The first kappa shape index (κ1) is 24.8. The summed E-state index contributed by atoms with van der Waals surface area (Å²) in [7, 11) is 0. The first-order valence-electron chi connectivity index (χ1n) is 13.5. The maximum Gasteiger partial charge on any atom is 0.0991 e. The Kier molecular flexibility index (Phi) is 5.50. The van der Waals surface area contributed by atoms with Crippen LogP contribution in [0.5, 0.6) is 0 Å². The van der Waals surface area contributed by atoms with Crippen LogP contribution in [0.4, 0.5) is 0 Å². The van der Waals surface area contributed by atoms with Gasteiger partial charge in [0, 0.05) is 4.47 Å². The molecule has 1 aliphatic rings. The summed E-state index contributed by atoms with van der Waals surface area (Å²) in [5.74, 6) is 0. The van der Waals surface area contributed by atoms with Gasteiger partial charge in [0.15, 0.2) is 0 Å². The molecule has 0 spiro atoms. The van der Waals surface area contributed by atoms with Crippen molar-refractivity contribution in [3.8, 4) is 56.6 Å². The summed E-state index contributed by atoms with van der Waals surface area (Å²) < 4.78 is 0.816. The van der Waals surface area contributed by atoms with Gasteiger partial charge in [-0.05, 0) is 135 Å².